The van der Waals surface area contributed by atoms with Gasteiger partial charge >= 0.3 is 0 Å². The van der Waals surface area contributed by atoms with Gasteiger partial charge in [0.1, 0.15) is 5.75 Å². The van der Waals surface area contributed by atoms with E-state index in [1.54, 1.807) is 13.0 Å². The maximum absolute atomic E-state index is 10.7. The summed E-state index contributed by atoms with van der Waals surface area (Å²) in [5, 5.41) is 9.53. The number of aliphatic hydroxyl groups excluding tert-OH is 1. The van der Waals surface area contributed by atoms with Crippen LogP contribution in [0, 0.1) is 0 Å². The second-order valence-electron chi connectivity index (χ2n) is 5.27. The number of aliphatic hydroxyl groups is 1. The van der Waals surface area contributed by atoms with E-state index in [1.807, 2.05) is 18.2 Å². The Morgan fingerprint density at radius 1 is 1.40 bits per heavy atom. The van der Waals surface area contributed by atoms with Crippen LogP contribution >= 0.6 is 0 Å². The number of nitrogens with two attached hydrogens (primary N) is 1. The lowest BCUT2D eigenvalue weighted by atomic mass is 10.1. The molecule has 0 spiro atoms. The quantitative estimate of drug-likeness (QED) is 0.749. The van der Waals surface area contributed by atoms with E-state index >= 15 is 0 Å². The Labute approximate surface area is 120 Å². The van der Waals surface area contributed by atoms with Crippen molar-refractivity contribution >= 4 is 5.91 Å². The number of primary amides is 1. The minimum Gasteiger partial charge on any atom is -0.484 e. The van der Waals surface area contributed by atoms with Crippen LogP contribution in [0.1, 0.15) is 26.3 Å². The number of rotatable bonds is 8. The van der Waals surface area contributed by atoms with E-state index in [1.165, 1.54) is 0 Å². The van der Waals surface area contributed by atoms with Crippen molar-refractivity contribution in [1.82, 2.24) is 4.90 Å². The number of nitrogens with zero attached hydrogens (tertiary/aromatic N) is 1. The van der Waals surface area contributed by atoms with E-state index in [2.05, 4.69) is 18.7 Å². The summed E-state index contributed by atoms with van der Waals surface area (Å²) in [6.45, 7) is 7.18. The van der Waals surface area contributed by atoms with Crippen molar-refractivity contribution in [3.8, 4) is 5.75 Å². The molecule has 0 bridgehead atoms. The van der Waals surface area contributed by atoms with Crippen LogP contribution in [0.5, 0.6) is 5.75 Å². The van der Waals surface area contributed by atoms with E-state index in [-0.39, 0.29) is 12.7 Å². The first-order chi connectivity index (χ1) is 9.38. The molecular formula is C15H24N2O3. The van der Waals surface area contributed by atoms with Crippen molar-refractivity contribution in [1.29, 1.82) is 0 Å². The van der Waals surface area contributed by atoms with Crippen molar-refractivity contribution in [2.45, 2.75) is 39.5 Å². The fourth-order valence-electron chi connectivity index (χ4n) is 1.92. The van der Waals surface area contributed by atoms with Crippen molar-refractivity contribution < 1.29 is 14.6 Å². The van der Waals surface area contributed by atoms with Crippen LogP contribution < -0.4 is 10.5 Å². The molecule has 0 aliphatic rings. The molecule has 3 N–H and O–H groups in total. The number of hydrogen-bond acceptors (Lipinski definition) is 4. The second-order valence-corrected chi connectivity index (χ2v) is 5.27. The molecule has 1 rings (SSSR count). The Morgan fingerprint density at radius 2 is 2.10 bits per heavy atom. The first-order valence-electron chi connectivity index (χ1n) is 6.80. The van der Waals surface area contributed by atoms with Crippen molar-refractivity contribution in [2.24, 2.45) is 5.73 Å². The smallest absolute Gasteiger partial charge is 0.255 e. The predicted octanol–water partition coefficient (Wildman–Crippen LogP) is 1.14. The Bertz CT molecular complexity index is 433. The van der Waals surface area contributed by atoms with Crippen LogP contribution in [0.4, 0.5) is 0 Å². The highest BCUT2D eigenvalue weighted by Gasteiger charge is 2.13. The van der Waals surface area contributed by atoms with Gasteiger partial charge in [-0.25, -0.2) is 0 Å². The highest BCUT2D eigenvalue weighted by Crippen LogP contribution is 2.16. The molecule has 20 heavy (non-hydrogen) atoms. The zero-order valence-corrected chi connectivity index (χ0v) is 12.4. The molecule has 0 heterocycles. The minimum atomic E-state index is -0.492. The summed E-state index contributed by atoms with van der Waals surface area (Å²) < 4.78 is 5.29. The third-order valence-electron chi connectivity index (χ3n) is 2.89. The van der Waals surface area contributed by atoms with Crippen LogP contribution in [0.2, 0.25) is 0 Å². The number of ether oxygens (including phenoxy) is 1. The van der Waals surface area contributed by atoms with E-state index in [9.17, 15) is 9.90 Å². The van der Waals surface area contributed by atoms with Gasteiger partial charge < -0.3 is 15.6 Å². The molecule has 112 valence electrons. The SMILES string of the molecule is CC(O)CN(Cc1cccc(OCC(N)=O)c1)C(C)C. The van der Waals surface area contributed by atoms with Gasteiger partial charge in [-0.15, -0.1) is 0 Å². The zero-order valence-electron chi connectivity index (χ0n) is 12.4. The van der Waals surface area contributed by atoms with Gasteiger partial charge in [-0.2, -0.15) is 0 Å². The molecule has 0 aliphatic heterocycles. The third kappa shape index (κ3) is 6.04. The molecule has 1 amide bonds. The maximum Gasteiger partial charge on any atom is 0.255 e. The lowest BCUT2D eigenvalue weighted by Gasteiger charge is -2.27. The number of amides is 1. The summed E-state index contributed by atoms with van der Waals surface area (Å²) in [5.74, 6) is 0.135. The third-order valence-corrected chi connectivity index (χ3v) is 2.89. The molecule has 1 aromatic carbocycles. The van der Waals surface area contributed by atoms with Gasteiger partial charge in [-0.1, -0.05) is 12.1 Å². The van der Waals surface area contributed by atoms with E-state index < -0.39 is 5.91 Å². The van der Waals surface area contributed by atoms with Crippen LogP contribution in [0.25, 0.3) is 0 Å². The van der Waals surface area contributed by atoms with Gasteiger partial charge in [0.15, 0.2) is 6.61 Å². The molecule has 0 aromatic heterocycles. The van der Waals surface area contributed by atoms with Crippen molar-refractivity contribution in [3.05, 3.63) is 29.8 Å². The fraction of sp³-hybridized carbons (Fsp3) is 0.533. The molecule has 0 saturated carbocycles. The Balaban J connectivity index is 2.70. The number of benzene rings is 1. The Hall–Kier alpha value is -1.59. The molecule has 0 fully saturated rings. The predicted molar refractivity (Wildman–Crippen MR) is 78.4 cm³/mol. The maximum atomic E-state index is 10.7. The molecule has 1 unspecified atom stereocenters. The summed E-state index contributed by atoms with van der Waals surface area (Å²) in [7, 11) is 0. The lowest BCUT2D eigenvalue weighted by Crippen LogP contribution is -2.36. The second kappa shape index (κ2) is 7.87. The summed E-state index contributed by atoms with van der Waals surface area (Å²) in [5.41, 5.74) is 6.12. The van der Waals surface area contributed by atoms with Gasteiger partial charge in [0.05, 0.1) is 6.10 Å². The lowest BCUT2D eigenvalue weighted by molar-refractivity contribution is -0.119. The van der Waals surface area contributed by atoms with Gasteiger partial charge in [-0.3, -0.25) is 9.69 Å². The molecule has 5 heteroatoms. The summed E-state index contributed by atoms with van der Waals surface area (Å²) in [4.78, 5) is 12.9. The highest BCUT2D eigenvalue weighted by atomic mass is 16.5. The Kier molecular flexibility index (Phi) is 6.48. The van der Waals surface area contributed by atoms with E-state index in [0.717, 1.165) is 12.1 Å². The average molecular weight is 280 g/mol. The van der Waals surface area contributed by atoms with E-state index in [4.69, 9.17) is 10.5 Å². The molecule has 5 nitrogen and oxygen atoms in total. The summed E-state index contributed by atoms with van der Waals surface area (Å²) in [6, 6.07) is 7.89. The van der Waals surface area contributed by atoms with Crippen molar-refractivity contribution in [3.63, 3.8) is 0 Å². The number of hydrogen-bond donors (Lipinski definition) is 2. The molecule has 0 radical (unpaired) electrons. The topological polar surface area (TPSA) is 75.8 Å². The Morgan fingerprint density at radius 3 is 2.65 bits per heavy atom. The van der Waals surface area contributed by atoms with Gasteiger partial charge in [0, 0.05) is 19.1 Å². The molecule has 0 saturated heterocycles. The molecule has 1 atom stereocenters. The van der Waals surface area contributed by atoms with Gasteiger partial charge in [0.25, 0.3) is 5.91 Å². The van der Waals surface area contributed by atoms with Crippen LogP contribution in [0.15, 0.2) is 24.3 Å². The largest absolute Gasteiger partial charge is 0.484 e. The number of carbonyl (C=O) groups is 1. The standard InChI is InChI=1S/C15H24N2O3/c1-11(2)17(8-12(3)18)9-13-5-4-6-14(7-13)20-10-15(16)19/h4-7,11-12,18H,8-10H2,1-3H3,(H2,16,19). The molecule has 0 aliphatic carbocycles. The number of carbonyl (C=O) groups excluding carboxylic acids is 1. The zero-order chi connectivity index (χ0) is 15.1. The van der Waals surface area contributed by atoms with Crippen LogP contribution in [-0.4, -0.2) is 41.2 Å². The first kappa shape index (κ1) is 16.5. The van der Waals surface area contributed by atoms with Gasteiger partial charge in [0.2, 0.25) is 0 Å². The molecule has 1 aromatic rings. The highest BCUT2D eigenvalue weighted by molar-refractivity contribution is 5.75. The average Bonchev–Trinajstić information content (AvgIpc) is 2.35. The monoisotopic (exact) mass is 280 g/mol. The van der Waals surface area contributed by atoms with Gasteiger partial charge in [-0.05, 0) is 38.5 Å². The van der Waals surface area contributed by atoms with E-state index in [0.29, 0.717) is 18.3 Å². The fourth-order valence-corrected chi connectivity index (χ4v) is 1.92. The van der Waals surface area contributed by atoms with Crippen LogP contribution in [-0.2, 0) is 11.3 Å². The van der Waals surface area contributed by atoms with Crippen LogP contribution in [0.3, 0.4) is 0 Å². The summed E-state index contributed by atoms with van der Waals surface area (Å²) in [6.07, 6.45) is -0.369. The first-order valence-corrected chi connectivity index (χ1v) is 6.80. The molecular weight excluding hydrogens is 256 g/mol. The van der Waals surface area contributed by atoms with Crippen molar-refractivity contribution in [2.75, 3.05) is 13.2 Å². The minimum absolute atomic E-state index is 0.120. The normalized spacial score (nSPS) is 12.7. The summed E-state index contributed by atoms with van der Waals surface area (Å²) >= 11 is 0.